The van der Waals surface area contributed by atoms with E-state index in [-0.39, 0.29) is 12.4 Å². The summed E-state index contributed by atoms with van der Waals surface area (Å²) in [5.41, 5.74) is 0. The van der Waals surface area contributed by atoms with Crippen LogP contribution >= 0.6 is 0 Å². The molecule has 86 valence electrons. The van der Waals surface area contributed by atoms with Crippen molar-refractivity contribution in [3.63, 3.8) is 0 Å². The highest BCUT2D eigenvalue weighted by atomic mass is 35.5. The van der Waals surface area contributed by atoms with Gasteiger partial charge in [-0.15, -0.1) is 0 Å². The van der Waals surface area contributed by atoms with Crippen LogP contribution in [-0.4, -0.2) is 44.6 Å². The van der Waals surface area contributed by atoms with E-state index in [0.717, 1.165) is 19.6 Å². The maximum Gasteiger partial charge on any atom is 0.101 e. The zero-order valence-electron chi connectivity index (χ0n) is 8.80. The molecule has 4 heteroatoms. The largest absolute Gasteiger partial charge is 1.00 e. The molecule has 0 amide bonds. The minimum absolute atomic E-state index is 0. The van der Waals surface area contributed by atoms with Crippen molar-refractivity contribution in [3.8, 4) is 0 Å². The molecule has 3 nitrogen and oxygen atoms in total. The van der Waals surface area contributed by atoms with Gasteiger partial charge in [0, 0.05) is 6.61 Å². The van der Waals surface area contributed by atoms with Crippen LogP contribution in [0.15, 0.2) is 0 Å². The van der Waals surface area contributed by atoms with Crippen LogP contribution in [0.25, 0.3) is 0 Å². The number of morpholine rings is 1. The third-order valence-corrected chi connectivity index (χ3v) is 2.64. The molecule has 0 aromatic rings. The Bertz CT molecular complexity index is 119. The quantitative estimate of drug-likeness (QED) is 0.458. The van der Waals surface area contributed by atoms with Crippen LogP contribution in [0.4, 0.5) is 0 Å². The molecule has 0 aromatic carbocycles. The Morgan fingerprint density at radius 3 is 2.29 bits per heavy atom. The van der Waals surface area contributed by atoms with Crippen molar-refractivity contribution in [2.75, 3.05) is 39.5 Å². The number of quaternary nitrogens is 1. The van der Waals surface area contributed by atoms with Gasteiger partial charge in [-0.25, -0.2) is 0 Å². The van der Waals surface area contributed by atoms with Crippen molar-refractivity contribution in [1.29, 1.82) is 0 Å². The van der Waals surface area contributed by atoms with Gasteiger partial charge in [-0.3, -0.25) is 0 Å². The lowest BCUT2D eigenvalue weighted by Crippen LogP contribution is -3.14. The number of aliphatic hydroxyl groups is 1. The highest BCUT2D eigenvalue weighted by Gasteiger charge is 2.12. The van der Waals surface area contributed by atoms with Gasteiger partial charge in [0.1, 0.15) is 13.1 Å². The van der Waals surface area contributed by atoms with Crippen molar-refractivity contribution < 1.29 is 27.2 Å². The van der Waals surface area contributed by atoms with Gasteiger partial charge in [-0.2, -0.15) is 0 Å². The summed E-state index contributed by atoms with van der Waals surface area (Å²) in [7, 11) is 0. The molecule has 0 atom stereocenters. The van der Waals surface area contributed by atoms with Crippen LogP contribution in [0.2, 0.25) is 0 Å². The van der Waals surface area contributed by atoms with Gasteiger partial charge in [0.15, 0.2) is 0 Å². The molecule has 2 N–H and O–H groups in total. The van der Waals surface area contributed by atoms with E-state index in [4.69, 9.17) is 9.84 Å². The Labute approximate surface area is 92.8 Å². The third-order valence-electron chi connectivity index (χ3n) is 2.64. The second kappa shape index (κ2) is 9.71. The predicted molar refractivity (Wildman–Crippen MR) is 51.9 cm³/mol. The van der Waals surface area contributed by atoms with E-state index < -0.39 is 0 Å². The van der Waals surface area contributed by atoms with Crippen molar-refractivity contribution in [3.05, 3.63) is 0 Å². The number of unbranched alkanes of at least 4 members (excludes halogenated alkanes) is 3. The number of rotatable bonds is 6. The standard InChI is InChI=1S/C10H21NO2.ClH/c12-8-4-2-1-3-5-11-6-9-13-10-7-11;/h12H,1-10H2;1H. The summed E-state index contributed by atoms with van der Waals surface area (Å²) in [6.07, 6.45) is 4.72. The molecule has 0 saturated carbocycles. The molecular weight excluding hydrogens is 202 g/mol. The molecule has 0 bridgehead atoms. The van der Waals surface area contributed by atoms with Gasteiger partial charge in [0.05, 0.1) is 19.8 Å². The van der Waals surface area contributed by atoms with E-state index >= 15 is 0 Å². The van der Waals surface area contributed by atoms with Crippen molar-refractivity contribution in [2.45, 2.75) is 25.7 Å². The minimum Gasteiger partial charge on any atom is -1.00 e. The summed E-state index contributed by atoms with van der Waals surface area (Å²) in [6.45, 7) is 5.87. The maximum atomic E-state index is 8.59. The first kappa shape index (κ1) is 14.2. The molecule has 14 heavy (non-hydrogen) atoms. The SMILES string of the molecule is OCCCCCC[NH+]1CCOCC1.[Cl-]. The molecule has 0 radical (unpaired) electrons. The molecule has 1 heterocycles. The maximum absolute atomic E-state index is 8.59. The summed E-state index contributed by atoms with van der Waals surface area (Å²) >= 11 is 0. The van der Waals surface area contributed by atoms with E-state index in [1.165, 1.54) is 38.9 Å². The molecule has 0 unspecified atom stereocenters. The summed E-state index contributed by atoms with van der Waals surface area (Å²) in [6, 6.07) is 0. The third kappa shape index (κ3) is 6.60. The molecule has 0 spiro atoms. The van der Waals surface area contributed by atoms with Gasteiger partial charge in [0.25, 0.3) is 0 Å². The van der Waals surface area contributed by atoms with Crippen LogP contribution < -0.4 is 17.3 Å². The van der Waals surface area contributed by atoms with Gasteiger partial charge in [-0.05, 0) is 19.3 Å². The smallest absolute Gasteiger partial charge is 0.101 e. The van der Waals surface area contributed by atoms with Gasteiger partial charge in [0.2, 0.25) is 0 Å². The number of nitrogens with one attached hydrogen (secondary N) is 1. The van der Waals surface area contributed by atoms with Crippen LogP contribution in [0.3, 0.4) is 0 Å². The fourth-order valence-electron chi connectivity index (χ4n) is 1.75. The molecule has 0 aromatic heterocycles. The zero-order valence-corrected chi connectivity index (χ0v) is 9.56. The predicted octanol–water partition coefficient (Wildman–Crippen LogP) is -3.54. The highest BCUT2D eigenvalue weighted by molar-refractivity contribution is 4.43. The molecule has 1 rings (SSSR count). The first-order chi connectivity index (χ1) is 6.43. The summed E-state index contributed by atoms with van der Waals surface area (Å²) in [5.74, 6) is 0. The molecule has 0 aliphatic carbocycles. The fraction of sp³-hybridized carbons (Fsp3) is 1.00. The van der Waals surface area contributed by atoms with E-state index in [0.29, 0.717) is 6.61 Å². The number of hydrogen-bond acceptors (Lipinski definition) is 2. The van der Waals surface area contributed by atoms with E-state index in [9.17, 15) is 0 Å². The Morgan fingerprint density at radius 2 is 1.64 bits per heavy atom. The minimum atomic E-state index is 0. The highest BCUT2D eigenvalue weighted by Crippen LogP contribution is 1.96. The number of ether oxygens (including phenoxy) is 1. The summed E-state index contributed by atoms with van der Waals surface area (Å²) in [4.78, 5) is 1.69. The van der Waals surface area contributed by atoms with Crippen molar-refractivity contribution >= 4 is 0 Å². The molecule has 1 saturated heterocycles. The monoisotopic (exact) mass is 223 g/mol. The Balaban J connectivity index is 0.00000169. The van der Waals surface area contributed by atoms with Crippen LogP contribution in [-0.2, 0) is 4.74 Å². The lowest BCUT2D eigenvalue weighted by Gasteiger charge is -2.23. The average Bonchev–Trinajstić information content (AvgIpc) is 2.19. The Hall–Kier alpha value is 0.170. The summed E-state index contributed by atoms with van der Waals surface area (Å²) < 4.78 is 5.29. The first-order valence-electron chi connectivity index (χ1n) is 5.45. The van der Waals surface area contributed by atoms with Crippen molar-refractivity contribution in [1.82, 2.24) is 0 Å². The van der Waals surface area contributed by atoms with Crippen molar-refractivity contribution in [2.24, 2.45) is 0 Å². The first-order valence-corrected chi connectivity index (χ1v) is 5.45. The molecule has 1 aliphatic rings. The number of halogens is 1. The Morgan fingerprint density at radius 1 is 1.00 bits per heavy atom. The molecule has 1 fully saturated rings. The molecule has 1 aliphatic heterocycles. The van der Waals surface area contributed by atoms with Gasteiger partial charge in [-0.1, -0.05) is 6.42 Å². The summed E-state index contributed by atoms with van der Waals surface area (Å²) in [5, 5.41) is 8.59. The number of hydrogen-bond donors (Lipinski definition) is 2. The van der Waals surface area contributed by atoms with E-state index in [1.807, 2.05) is 0 Å². The lowest BCUT2D eigenvalue weighted by atomic mass is 10.2. The topological polar surface area (TPSA) is 33.9 Å². The van der Waals surface area contributed by atoms with Crippen LogP contribution in [0.1, 0.15) is 25.7 Å². The van der Waals surface area contributed by atoms with Gasteiger partial charge >= 0.3 is 0 Å². The van der Waals surface area contributed by atoms with Crippen LogP contribution in [0, 0.1) is 0 Å². The fourth-order valence-corrected chi connectivity index (χ4v) is 1.75. The zero-order chi connectivity index (χ0) is 9.36. The lowest BCUT2D eigenvalue weighted by molar-refractivity contribution is -0.908. The van der Waals surface area contributed by atoms with Crippen LogP contribution in [0.5, 0.6) is 0 Å². The second-order valence-corrected chi connectivity index (χ2v) is 3.75. The second-order valence-electron chi connectivity index (χ2n) is 3.75. The normalized spacial score (nSPS) is 17.8. The van der Waals surface area contributed by atoms with E-state index in [2.05, 4.69) is 0 Å². The van der Waals surface area contributed by atoms with Gasteiger partial charge < -0.3 is 27.2 Å². The average molecular weight is 224 g/mol. The molecular formula is C10H22ClNO2. The number of aliphatic hydroxyl groups excluding tert-OH is 1. The Kier molecular flexibility index (Phi) is 9.83. The van der Waals surface area contributed by atoms with E-state index in [1.54, 1.807) is 4.90 Å².